The van der Waals surface area contributed by atoms with Gasteiger partial charge in [-0.05, 0) is 35.2 Å². The Labute approximate surface area is 108 Å². The molecular formula is C10H16BrN3OS. The maximum absolute atomic E-state index is 5.79. The van der Waals surface area contributed by atoms with Gasteiger partial charge in [0.05, 0.1) is 6.10 Å². The van der Waals surface area contributed by atoms with Crippen LogP contribution >= 0.6 is 27.3 Å². The zero-order valence-electron chi connectivity index (χ0n) is 9.36. The van der Waals surface area contributed by atoms with Crippen LogP contribution in [-0.4, -0.2) is 36.0 Å². The van der Waals surface area contributed by atoms with Crippen LogP contribution in [0.25, 0.3) is 0 Å². The standard InChI is InChI=1S/C10H16BrN3OS/c1-2-6-15-8-4-3-5-14(7-8)10-13-12-9(11)16-10/h8H,2-7H2,1H3. The summed E-state index contributed by atoms with van der Waals surface area (Å²) in [5.74, 6) is 0. The van der Waals surface area contributed by atoms with Crippen molar-refractivity contribution in [1.29, 1.82) is 0 Å². The number of ether oxygens (including phenoxy) is 1. The van der Waals surface area contributed by atoms with Crippen LogP contribution in [0.3, 0.4) is 0 Å². The largest absolute Gasteiger partial charge is 0.376 e. The first-order chi connectivity index (χ1) is 7.79. The molecule has 0 saturated carbocycles. The highest BCUT2D eigenvalue weighted by atomic mass is 79.9. The molecule has 1 unspecified atom stereocenters. The molecule has 1 saturated heterocycles. The van der Waals surface area contributed by atoms with Crippen molar-refractivity contribution in [2.24, 2.45) is 0 Å². The SMILES string of the molecule is CCCOC1CCCN(c2nnc(Br)s2)C1. The van der Waals surface area contributed by atoms with Crippen LogP contribution in [0.5, 0.6) is 0 Å². The maximum atomic E-state index is 5.79. The number of nitrogens with zero attached hydrogens (tertiary/aromatic N) is 3. The molecule has 16 heavy (non-hydrogen) atoms. The van der Waals surface area contributed by atoms with Gasteiger partial charge in [0, 0.05) is 19.7 Å². The van der Waals surface area contributed by atoms with Crippen molar-refractivity contribution in [1.82, 2.24) is 10.2 Å². The van der Waals surface area contributed by atoms with Gasteiger partial charge in [-0.25, -0.2) is 0 Å². The Morgan fingerprint density at radius 1 is 1.56 bits per heavy atom. The molecule has 0 aromatic carbocycles. The number of halogens is 1. The quantitative estimate of drug-likeness (QED) is 0.857. The second-order valence-corrected chi connectivity index (χ2v) is 6.15. The first-order valence-corrected chi connectivity index (χ1v) is 7.26. The smallest absolute Gasteiger partial charge is 0.209 e. The minimum Gasteiger partial charge on any atom is -0.376 e. The summed E-state index contributed by atoms with van der Waals surface area (Å²) in [5.41, 5.74) is 0. The van der Waals surface area contributed by atoms with E-state index in [1.807, 2.05) is 0 Å². The van der Waals surface area contributed by atoms with Crippen molar-refractivity contribution in [3.8, 4) is 0 Å². The summed E-state index contributed by atoms with van der Waals surface area (Å²) in [6, 6.07) is 0. The van der Waals surface area contributed by atoms with Crippen molar-refractivity contribution in [3.05, 3.63) is 3.92 Å². The first kappa shape index (κ1) is 12.3. The predicted octanol–water partition coefficient (Wildman–Crippen LogP) is 2.70. The molecule has 1 aliphatic heterocycles. The van der Waals surface area contributed by atoms with Crippen molar-refractivity contribution in [2.45, 2.75) is 32.3 Å². The topological polar surface area (TPSA) is 38.2 Å². The molecule has 1 aromatic heterocycles. The van der Waals surface area contributed by atoms with Gasteiger partial charge in [0.1, 0.15) is 0 Å². The van der Waals surface area contributed by atoms with Crippen LogP contribution in [0.15, 0.2) is 3.92 Å². The van der Waals surface area contributed by atoms with Gasteiger partial charge in [-0.15, -0.1) is 10.2 Å². The summed E-state index contributed by atoms with van der Waals surface area (Å²) < 4.78 is 6.64. The molecule has 0 bridgehead atoms. The Bertz CT molecular complexity index is 334. The number of hydrogen-bond donors (Lipinski definition) is 0. The molecule has 1 aromatic rings. The summed E-state index contributed by atoms with van der Waals surface area (Å²) in [7, 11) is 0. The average Bonchev–Trinajstić information content (AvgIpc) is 2.74. The van der Waals surface area contributed by atoms with E-state index >= 15 is 0 Å². The molecule has 1 aliphatic rings. The van der Waals surface area contributed by atoms with Gasteiger partial charge in [0.15, 0.2) is 3.92 Å². The fraction of sp³-hybridized carbons (Fsp3) is 0.800. The number of piperidine rings is 1. The molecule has 1 atom stereocenters. The molecule has 0 radical (unpaired) electrons. The third-order valence-electron chi connectivity index (χ3n) is 2.60. The lowest BCUT2D eigenvalue weighted by atomic mass is 10.1. The molecule has 2 heterocycles. The monoisotopic (exact) mass is 305 g/mol. The molecule has 1 fully saturated rings. The highest BCUT2D eigenvalue weighted by Gasteiger charge is 2.22. The van der Waals surface area contributed by atoms with Crippen LogP contribution < -0.4 is 4.90 Å². The lowest BCUT2D eigenvalue weighted by Crippen LogP contribution is -2.39. The van der Waals surface area contributed by atoms with Gasteiger partial charge in [-0.3, -0.25) is 0 Å². The van der Waals surface area contributed by atoms with Crippen LogP contribution in [0.2, 0.25) is 0 Å². The van der Waals surface area contributed by atoms with Crippen LogP contribution in [0.4, 0.5) is 5.13 Å². The molecule has 0 amide bonds. The Morgan fingerprint density at radius 3 is 3.12 bits per heavy atom. The fourth-order valence-corrected chi connectivity index (χ4v) is 2.98. The van der Waals surface area contributed by atoms with Crippen molar-refractivity contribution < 1.29 is 4.74 Å². The predicted molar refractivity (Wildman–Crippen MR) is 69.1 cm³/mol. The molecule has 90 valence electrons. The summed E-state index contributed by atoms with van der Waals surface area (Å²) in [6.07, 6.45) is 3.78. The van der Waals surface area contributed by atoms with Gasteiger partial charge < -0.3 is 9.64 Å². The lowest BCUT2D eigenvalue weighted by molar-refractivity contribution is 0.0440. The minimum atomic E-state index is 0.358. The Morgan fingerprint density at radius 2 is 2.44 bits per heavy atom. The lowest BCUT2D eigenvalue weighted by Gasteiger charge is -2.32. The summed E-state index contributed by atoms with van der Waals surface area (Å²) >= 11 is 4.93. The number of rotatable bonds is 4. The zero-order chi connectivity index (χ0) is 11.4. The van der Waals surface area contributed by atoms with E-state index in [4.69, 9.17) is 4.74 Å². The normalized spacial score (nSPS) is 21.4. The zero-order valence-corrected chi connectivity index (χ0v) is 11.8. The molecule has 0 N–H and O–H groups in total. The Balaban J connectivity index is 1.91. The minimum absolute atomic E-state index is 0.358. The number of aromatic nitrogens is 2. The van der Waals surface area contributed by atoms with Crippen molar-refractivity contribution >= 4 is 32.4 Å². The summed E-state index contributed by atoms with van der Waals surface area (Å²) in [4.78, 5) is 2.27. The highest BCUT2D eigenvalue weighted by molar-refractivity contribution is 9.11. The van der Waals surface area contributed by atoms with Gasteiger partial charge in [0.2, 0.25) is 5.13 Å². The van der Waals surface area contributed by atoms with E-state index in [0.717, 1.165) is 41.6 Å². The van der Waals surface area contributed by atoms with Crippen LogP contribution in [0.1, 0.15) is 26.2 Å². The Kier molecular flexibility index (Phi) is 4.55. The third-order valence-corrected chi connectivity index (χ3v) is 4.01. The first-order valence-electron chi connectivity index (χ1n) is 5.65. The molecule has 4 nitrogen and oxygen atoms in total. The highest BCUT2D eigenvalue weighted by Crippen LogP contribution is 2.27. The fourth-order valence-electron chi connectivity index (χ4n) is 1.86. The number of hydrogen-bond acceptors (Lipinski definition) is 5. The van der Waals surface area contributed by atoms with E-state index in [1.165, 1.54) is 6.42 Å². The van der Waals surface area contributed by atoms with Crippen molar-refractivity contribution in [3.63, 3.8) is 0 Å². The van der Waals surface area contributed by atoms with Gasteiger partial charge in [0.25, 0.3) is 0 Å². The van der Waals surface area contributed by atoms with Crippen LogP contribution in [-0.2, 0) is 4.74 Å². The number of anilines is 1. The third kappa shape index (κ3) is 3.15. The van der Waals surface area contributed by atoms with Gasteiger partial charge in [-0.1, -0.05) is 18.3 Å². The van der Waals surface area contributed by atoms with Gasteiger partial charge in [-0.2, -0.15) is 0 Å². The summed E-state index contributed by atoms with van der Waals surface area (Å²) in [6.45, 7) is 5.01. The molecule has 6 heteroatoms. The molecule has 0 aliphatic carbocycles. The van der Waals surface area contributed by atoms with E-state index in [-0.39, 0.29) is 0 Å². The van der Waals surface area contributed by atoms with E-state index in [1.54, 1.807) is 11.3 Å². The van der Waals surface area contributed by atoms with Crippen molar-refractivity contribution in [2.75, 3.05) is 24.6 Å². The molecule has 2 rings (SSSR count). The van der Waals surface area contributed by atoms with E-state index in [2.05, 4.69) is 38.0 Å². The van der Waals surface area contributed by atoms with E-state index in [9.17, 15) is 0 Å². The average molecular weight is 306 g/mol. The second kappa shape index (κ2) is 5.93. The second-order valence-electron chi connectivity index (χ2n) is 3.92. The summed E-state index contributed by atoms with van der Waals surface area (Å²) in [5, 5.41) is 9.12. The maximum Gasteiger partial charge on any atom is 0.209 e. The van der Waals surface area contributed by atoms with Gasteiger partial charge >= 0.3 is 0 Å². The molecule has 0 spiro atoms. The Hall–Kier alpha value is -0.200. The van der Waals surface area contributed by atoms with E-state index < -0.39 is 0 Å². The van der Waals surface area contributed by atoms with Crippen LogP contribution in [0, 0.1) is 0 Å². The molecular weight excluding hydrogens is 290 g/mol. The van der Waals surface area contributed by atoms with E-state index in [0.29, 0.717) is 6.10 Å².